The summed E-state index contributed by atoms with van der Waals surface area (Å²) >= 11 is 3.10. The van der Waals surface area contributed by atoms with Crippen molar-refractivity contribution < 1.29 is 14.7 Å². The van der Waals surface area contributed by atoms with Gasteiger partial charge in [-0.3, -0.25) is 9.59 Å². The third-order valence-corrected chi connectivity index (χ3v) is 5.91. The minimum atomic E-state index is -0.857. The van der Waals surface area contributed by atoms with Crippen molar-refractivity contribution in [1.29, 1.82) is 0 Å². The molecule has 134 valence electrons. The molecule has 0 bridgehead atoms. The predicted octanol–water partition coefficient (Wildman–Crippen LogP) is 3.57. The molecule has 0 radical (unpaired) electrons. The smallest absolute Gasteiger partial charge is 0.313 e. The molecule has 3 aromatic rings. The summed E-state index contributed by atoms with van der Waals surface area (Å²) in [7, 11) is 0. The number of amides is 2. The number of aryl methyl sites for hydroxylation is 1. The number of carbonyl (C=O) groups is 2. The summed E-state index contributed by atoms with van der Waals surface area (Å²) in [4.78, 5) is 26.8. The fraction of sp³-hybridized carbons (Fsp3) is 0.158. The Morgan fingerprint density at radius 2 is 1.92 bits per heavy atom. The van der Waals surface area contributed by atoms with E-state index in [1.807, 2.05) is 42.6 Å². The highest BCUT2D eigenvalue weighted by Gasteiger charge is 2.17. The number of nitrogens with one attached hydrogen (secondary N) is 2. The van der Waals surface area contributed by atoms with Crippen LogP contribution in [0.15, 0.2) is 53.9 Å². The molecule has 5 nitrogen and oxygen atoms in total. The number of thiophene rings is 2. The van der Waals surface area contributed by atoms with E-state index in [9.17, 15) is 14.7 Å². The molecule has 2 amide bonds. The first kappa shape index (κ1) is 18.3. The largest absolute Gasteiger partial charge is 0.386 e. The summed E-state index contributed by atoms with van der Waals surface area (Å²) in [6.07, 6.45) is -0.857. The Balaban J connectivity index is 1.53. The fourth-order valence-electron chi connectivity index (χ4n) is 2.36. The maximum Gasteiger partial charge on any atom is 0.313 e. The van der Waals surface area contributed by atoms with Gasteiger partial charge >= 0.3 is 11.8 Å². The highest BCUT2D eigenvalue weighted by molar-refractivity contribution is 7.21. The molecule has 1 atom stereocenters. The summed E-state index contributed by atoms with van der Waals surface area (Å²) < 4.78 is 0. The topological polar surface area (TPSA) is 78.4 Å². The van der Waals surface area contributed by atoms with E-state index in [2.05, 4.69) is 10.6 Å². The van der Waals surface area contributed by atoms with Gasteiger partial charge < -0.3 is 15.7 Å². The van der Waals surface area contributed by atoms with Crippen LogP contribution in [0.5, 0.6) is 0 Å². The maximum absolute atomic E-state index is 11.9. The molecule has 3 rings (SSSR count). The molecule has 7 heteroatoms. The molecule has 0 aliphatic heterocycles. The van der Waals surface area contributed by atoms with Crippen molar-refractivity contribution >= 4 is 40.2 Å². The normalized spacial score (nSPS) is 11.8. The van der Waals surface area contributed by atoms with Gasteiger partial charge in [0.2, 0.25) is 0 Å². The lowest BCUT2D eigenvalue weighted by Gasteiger charge is -2.10. The second-order valence-electron chi connectivity index (χ2n) is 5.73. The summed E-state index contributed by atoms with van der Waals surface area (Å²) in [5.41, 5.74) is 1.54. The number of aliphatic hydroxyl groups excluding tert-OH is 1. The molecule has 2 heterocycles. The van der Waals surface area contributed by atoms with Crippen LogP contribution in [0.3, 0.4) is 0 Å². The zero-order valence-corrected chi connectivity index (χ0v) is 15.7. The first-order valence-corrected chi connectivity index (χ1v) is 9.70. The van der Waals surface area contributed by atoms with E-state index in [1.54, 1.807) is 29.5 Å². The molecular formula is C19H18N2O3S2. The SMILES string of the molecule is Cc1cccc(NC(=O)C(=O)NC[C@H](O)c2ccc(-c3cccs3)s2)c1. The number of benzene rings is 1. The molecular weight excluding hydrogens is 368 g/mol. The lowest BCUT2D eigenvalue weighted by Crippen LogP contribution is -2.37. The summed E-state index contributed by atoms with van der Waals surface area (Å²) in [5, 5.41) is 17.3. The van der Waals surface area contributed by atoms with E-state index in [0.29, 0.717) is 5.69 Å². The second-order valence-corrected chi connectivity index (χ2v) is 7.79. The van der Waals surface area contributed by atoms with E-state index >= 15 is 0 Å². The predicted molar refractivity (Wildman–Crippen MR) is 105 cm³/mol. The third kappa shape index (κ3) is 4.57. The van der Waals surface area contributed by atoms with E-state index in [-0.39, 0.29) is 6.54 Å². The molecule has 0 saturated carbocycles. The van der Waals surface area contributed by atoms with Gasteiger partial charge in [-0.05, 0) is 48.2 Å². The van der Waals surface area contributed by atoms with Crippen LogP contribution in [0, 0.1) is 6.92 Å². The minimum Gasteiger partial charge on any atom is -0.386 e. The van der Waals surface area contributed by atoms with Gasteiger partial charge in [-0.1, -0.05) is 18.2 Å². The van der Waals surface area contributed by atoms with E-state index in [0.717, 1.165) is 20.2 Å². The molecule has 0 unspecified atom stereocenters. The Morgan fingerprint density at radius 3 is 2.65 bits per heavy atom. The van der Waals surface area contributed by atoms with Gasteiger partial charge in [-0.25, -0.2) is 0 Å². The van der Waals surface area contributed by atoms with Crippen LogP contribution in [0.25, 0.3) is 9.75 Å². The Morgan fingerprint density at radius 1 is 1.08 bits per heavy atom. The first-order valence-electron chi connectivity index (χ1n) is 8.00. The van der Waals surface area contributed by atoms with E-state index < -0.39 is 17.9 Å². The van der Waals surface area contributed by atoms with Crippen molar-refractivity contribution in [2.45, 2.75) is 13.0 Å². The third-order valence-electron chi connectivity index (χ3n) is 3.66. The lowest BCUT2D eigenvalue weighted by molar-refractivity contribution is -0.136. The van der Waals surface area contributed by atoms with Gasteiger partial charge in [0.25, 0.3) is 0 Å². The molecule has 1 aromatic carbocycles. The lowest BCUT2D eigenvalue weighted by atomic mass is 10.2. The van der Waals surface area contributed by atoms with Gasteiger partial charge in [0.05, 0.1) is 0 Å². The Bertz CT molecular complexity index is 903. The standard InChI is InChI=1S/C19H18N2O3S2/c1-12-4-2-5-13(10-12)21-19(24)18(23)20-11-14(22)15-7-8-17(26-15)16-6-3-9-25-16/h2-10,14,22H,11H2,1H3,(H,20,23)(H,21,24)/t14-/m0/s1. The molecule has 26 heavy (non-hydrogen) atoms. The average molecular weight is 386 g/mol. The number of hydrogen-bond acceptors (Lipinski definition) is 5. The van der Waals surface area contributed by atoms with Crippen LogP contribution in [0.2, 0.25) is 0 Å². The maximum atomic E-state index is 11.9. The van der Waals surface area contributed by atoms with Crippen LogP contribution < -0.4 is 10.6 Å². The van der Waals surface area contributed by atoms with Crippen LogP contribution in [-0.2, 0) is 9.59 Å². The van der Waals surface area contributed by atoms with Crippen LogP contribution >= 0.6 is 22.7 Å². The van der Waals surface area contributed by atoms with Gasteiger partial charge in [-0.2, -0.15) is 0 Å². The zero-order valence-electron chi connectivity index (χ0n) is 14.1. The van der Waals surface area contributed by atoms with Crippen molar-refractivity contribution in [1.82, 2.24) is 5.32 Å². The van der Waals surface area contributed by atoms with Crippen LogP contribution in [0.4, 0.5) is 5.69 Å². The van der Waals surface area contributed by atoms with Crippen molar-refractivity contribution in [2.75, 3.05) is 11.9 Å². The molecule has 2 aromatic heterocycles. The highest BCUT2D eigenvalue weighted by Crippen LogP contribution is 2.33. The average Bonchev–Trinajstić information content (AvgIpc) is 3.30. The number of aliphatic hydroxyl groups is 1. The molecule has 0 aliphatic carbocycles. The number of anilines is 1. The van der Waals surface area contributed by atoms with Gasteiger partial charge in [-0.15, -0.1) is 22.7 Å². The van der Waals surface area contributed by atoms with Crippen molar-refractivity contribution in [3.8, 4) is 9.75 Å². The first-order chi connectivity index (χ1) is 12.5. The summed E-state index contributed by atoms with van der Waals surface area (Å²) in [5.74, 6) is -1.53. The molecule has 0 fully saturated rings. The van der Waals surface area contributed by atoms with Crippen LogP contribution in [-0.4, -0.2) is 23.5 Å². The zero-order chi connectivity index (χ0) is 18.5. The van der Waals surface area contributed by atoms with Gasteiger partial charge in [0.15, 0.2) is 0 Å². The fourth-order valence-corrected chi connectivity index (χ4v) is 4.19. The Hall–Kier alpha value is -2.48. The minimum absolute atomic E-state index is 0.0233. The highest BCUT2D eigenvalue weighted by atomic mass is 32.1. The summed E-state index contributed by atoms with van der Waals surface area (Å²) in [6.45, 7) is 1.88. The Labute approximate surface area is 159 Å². The van der Waals surface area contributed by atoms with E-state index in [1.165, 1.54) is 11.3 Å². The molecule has 0 aliphatic rings. The van der Waals surface area contributed by atoms with Crippen molar-refractivity contribution in [3.63, 3.8) is 0 Å². The van der Waals surface area contributed by atoms with E-state index in [4.69, 9.17) is 0 Å². The number of carbonyl (C=O) groups excluding carboxylic acids is 2. The monoisotopic (exact) mass is 386 g/mol. The number of hydrogen-bond donors (Lipinski definition) is 3. The molecule has 0 spiro atoms. The van der Waals surface area contributed by atoms with Crippen molar-refractivity contribution in [2.24, 2.45) is 0 Å². The Kier molecular flexibility index (Phi) is 5.82. The number of rotatable bonds is 5. The van der Waals surface area contributed by atoms with Gasteiger partial charge in [0.1, 0.15) is 6.10 Å². The second kappa shape index (κ2) is 8.27. The summed E-state index contributed by atoms with van der Waals surface area (Å²) in [6, 6.07) is 15.0. The molecule has 0 saturated heterocycles. The van der Waals surface area contributed by atoms with Crippen LogP contribution in [0.1, 0.15) is 16.5 Å². The van der Waals surface area contributed by atoms with Gasteiger partial charge in [0, 0.05) is 26.9 Å². The quantitative estimate of drug-likeness (QED) is 0.587. The molecule has 3 N–H and O–H groups in total. The van der Waals surface area contributed by atoms with Crippen molar-refractivity contribution in [3.05, 3.63) is 64.4 Å².